The topological polar surface area (TPSA) is 77.6 Å². The van der Waals surface area contributed by atoms with Crippen LogP contribution in [0.2, 0.25) is 0 Å². The van der Waals surface area contributed by atoms with E-state index in [4.69, 9.17) is 0 Å². The van der Waals surface area contributed by atoms with Crippen LogP contribution in [-0.4, -0.2) is 60.3 Å². The number of amides is 2. The average molecular weight is 456 g/mol. The summed E-state index contributed by atoms with van der Waals surface area (Å²) in [5.74, 6) is -0.887. The smallest absolute Gasteiger partial charge is 0.274 e. The summed E-state index contributed by atoms with van der Waals surface area (Å²) in [6.45, 7) is 1.43. The molecule has 0 spiro atoms. The lowest BCUT2D eigenvalue weighted by molar-refractivity contribution is -0.121. The lowest BCUT2D eigenvalue weighted by Gasteiger charge is -2.22. The van der Waals surface area contributed by atoms with Crippen LogP contribution in [0.3, 0.4) is 0 Å². The van der Waals surface area contributed by atoms with Crippen LogP contribution in [-0.2, 0) is 11.3 Å². The number of rotatable bonds is 10. The molecule has 0 radical (unpaired) electrons. The number of likely N-dealkylation sites (N-methyl/N-ethyl adjacent to an activating group) is 1. The van der Waals surface area contributed by atoms with Gasteiger partial charge in [-0.25, -0.2) is 9.37 Å². The number of nitrogens with zero attached hydrogens (tertiary/aromatic N) is 3. The molecule has 3 aromatic rings. The van der Waals surface area contributed by atoms with Crippen molar-refractivity contribution < 1.29 is 14.0 Å². The summed E-state index contributed by atoms with van der Waals surface area (Å²) in [4.78, 5) is 33.5. The average Bonchev–Trinajstić information content (AvgIpc) is 3.23. The van der Waals surface area contributed by atoms with Crippen molar-refractivity contribution in [2.45, 2.75) is 6.54 Å². The minimum Gasteiger partial charge on any atom is -0.353 e. The quantitative estimate of drug-likeness (QED) is 0.490. The highest BCUT2D eigenvalue weighted by molar-refractivity contribution is 7.14. The first-order valence-electron chi connectivity index (χ1n) is 10.1. The van der Waals surface area contributed by atoms with E-state index < -0.39 is 0 Å². The number of nitrogens with one attached hydrogen (secondary N) is 2. The molecule has 2 aromatic carbocycles. The third-order valence-electron chi connectivity index (χ3n) is 4.54. The monoisotopic (exact) mass is 455 g/mol. The molecule has 0 bridgehead atoms. The van der Waals surface area contributed by atoms with Crippen molar-refractivity contribution in [2.75, 3.05) is 39.0 Å². The van der Waals surface area contributed by atoms with E-state index in [0.29, 0.717) is 30.5 Å². The molecule has 0 aliphatic rings. The van der Waals surface area contributed by atoms with Gasteiger partial charge in [0.2, 0.25) is 5.91 Å². The van der Waals surface area contributed by atoms with Gasteiger partial charge >= 0.3 is 0 Å². The maximum Gasteiger partial charge on any atom is 0.274 e. The largest absolute Gasteiger partial charge is 0.353 e. The molecule has 0 aliphatic carbocycles. The van der Waals surface area contributed by atoms with Gasteiger partial charge in [0.05, 0.1) is 0 Å². The summed E-state index contributed by atoms with van der Waals surface area (Å²) >= 11 is 1.27. The van der Waals surface area contributed by atoms with Crippen molar-refractivity contribution >= 4 is 34.0 Å². The van der Waals surface area contributed by atoms with Crippen molar-refractivity contribution in [3.63, 3.8) is 0 Å². The molecular formula is C23H26FN5O2S. The van der Waals surface area contributed by atoms with E-state index in [2.05, 4.69) is 15.6 Å². The Balaban J connectivity index is 1.70. The van der Waals surface area contributed by atoms with E-state index in [1.165, 1.54) is 28.4 Å². The van der Waals surface area contributed by atoms with Crippen LogP contribution in [0.15, 0.2) is 60.0 Å². The molecule has 7 nitrogen and oxygen atoms in total. The second-order valence-electron chi connectivity index (χ2n) is 7.47. The van der Waals surface area contributed by atoms with Crippen molar-refractivity contribution in [1.82, 2.24) is 20.1 Å². The molecule has 2 amide bonds. The van der Waals surface area contributed by atoms with Gasteiger partial charge in [0.25, 0.3) is 5.91 Å². The van der Waals surface area contributed by atoms with E-state index in [-0.39, 0.29) is 29.9 Å². The molecule has 1 heterocycles. The van der Waals surface area contributed by atoms with Crippen molar-refractivity contribution in [2.24, 2.45) is 0 Å². The maximum absolute atomic E-state index is 13.2. The second-order valence-corrected chi connectivity index (χ2v) is 8.33. The summed E-state index contributed by atoms with van der Waals surface area (Å²) < 4.78 is 13.1. The van der Waals surface area contributed by atoms with E-state index in [9.17, 15) is 14.0 Å². The number of anilines is 2. The standard InChI is InChI=1S/C23H26FN5O2S/c1-28(2)13-12-25-21(30)15-29(14-17-6-4-3-5-7-17)22(31)20-16-32-23(27-20)26-19-10-8-18(24)9-11-19/h3-11,16H,12-15H2,1-2H3,(H,25,30)(H,26,27). The molecule has 0 unspecified atom stereocenters. The Bertz CT molecular complexity index is 1020. The van der Waals surface area contributed by atoms with Gasteiger partial charge in [-0.2, -0.15) is 0 Å². The number of carbonyl (C=O) groups is 2. The number of benzene rings is 2. The van der Waals surface area contributed by atoms with Crippen LogP contribution < -0.4 is 10.6 Å². The van der Waals surface area contributed by atoms with Crippen LogP contribution in [0.25, 0.3) is 0 Å². The Hall–Kier alpha value is -3.30. The molecule has 0 fully saturated rings. The molecule has 9 heteroatoms. The first-order valence-corrected chi connectivity index (χ1v) is 11.0. The van der Waals surface area contributed by atoms with Crippen LogP contribution >= 0.6 is 11.3 Å². The molecule has 0 saturated heterocycles. The Morgan fingerprint density at radius 1 is 1.06 bits per heavy atom. The fourth-order valence-electron chi connectivity index (χ4n) is 2.90. The van der Waals surface area contributed by atoms with Gasteiger partial charge in [0.1, 0.15) is 18.1 Å². The molecular weight excluding hydrogens is 429 g/mol. The predicted octanol–water partition coefficient (Wildman–Crippen LogP) is 3.35. The Morgan fingerprint density at radius 3 is 2.47 bits per heavy atom. The lowest BCUT2D eigenvalue weighted by atomic mass is 10.2. The second kappa shape index (κ2) is 11.4. The van der Waals surface area contributed by atoms with E-state index in [0.717, 1.165) is 5.56 Å². The molecule has 0 aliphatic heterocycles. The Kier molecular flexibility index (Phi) is 8.29. The zero-order valence-corrected chi connectivity index (χ0v) is 18.9. The zero-order chi connectivity index (χ0) is 22.9. The number of hydrogen-bond donors (Lipinski definition) is 2. The third-order valence-corrected chi connectivity index (χ3v) is 5.30. The minimum atomic E-state index is -0.333. The summed E-state index contributed by atoms with van der Waals surface area (Å²) in [6, 6.07) is 15.4. The number of thiazole rings is 1. The normalized spacial score (nSPS) is 10.8. The molecule has 3 rings (SSSR count). The highest BCUT2D eigenvalue weighted by atomic mass is 32.1. The lowest BCUT2D eigenvalue weighted by Crippen LogP contribution is -2.42. The predicted molar refractivity (Wildman–Crippen MR) is 125 cm³/mol. The SMILES string of the molecule is CN(C)CCNC(=O)CN(Cc1ccccc1)C(=O)c1csc(Nc2ccc(F)cc2)n1. The zero-order valence-electron chi connectivity index (χ0n) is 18.0. The van der Waals surface area contributed by atoms with Gasteiger partial charge < -0.3 is 20.4 Å². The Morgan fingerprint density at radius 2 is 1.78 bits per heavy atom. The Labute approximate surface area is 190 Å². The third kappa shape index (κ3) is 7.14. The van der Waals surface area contributed by atoms with E-state index in [1.54, 1.807) is 17.5 Å². The summed E-state index contributed by atoms with van der Waals surface area (Å²) in [5, 5.41) is 8.06. The minimum absolute atomic E-state index is 0.0700. The molecule has 0 atom stereocenters. The van der Waals surface area contributed by atoms with Gasteiger partial charge in [0, 0.05) is 30.7 Å². The van der Waals surface area contributed by atoms with Gasteiger partial charge in [-0.1, -0.05) is 30.3 Å². The number of hydrogen-bond acceptors (Lipinski definition) is 6. The molecule has 168 valence electrons. The van der Waals surface area contributed by atoms with Crippen LogP contribution in [0.1, 0.15) is 16.1 Å². The van der Waals surface area contributed by atoms with Crippen LogP contribution in [0.4, 0.5) is 15.2 Å². The van der Waals surface area contributed by atoms with Gasteiger partial charge in [-0.15, -0.1) is 11.3 Å². The van der Waals surface area contributed by atoms with E-state index >= 15 is 0 Å². The van der Waals surface area contributed by atoms with Gasteiger partial charge in [-0.3, -0.25) is 9.59 Å². The number of aromatic nitrogens is 1. The van der Waals surface area contributed by atoms with Crippen LogP contribution in [0, 0.1) is 5.82 Å². The van der Waals surface area contributed by atoms with Crippen molar-refractivity contribution in [3.05, 3.63) is 77.1 Å². The molecule has 2 N–H and O–H groups in total. The fraction of sp³-hybridized carbons (Fsp3) is 0.261. The first-order chi connectivity index (χ1) is 15.4. The van der Waals surface area contributed by atoms with Crippen molar-refractivity contribution in [1.29, 1.82) is 0 Å². The number of halogens is 1. The maximum atomic E-state index is 13.2. The van der Waals surface area contributed by atoms with Gasteiger partial charge in [0.15, 0.2) is 5.13 Å². The highest BCUT2D eigenvalue weighted by Crippen LogP contribution is 2.22. The number of carbonyl (C=O) groups excluding carboxylic acids is 2. The fourth-order valence-corrected chi connectivity index (χ4v) is 3.60. The molecule has 1 aromatic heterocycles. The summed E-state index contributed by atoms with van der Waals surface area (Å²) in [5.41, 5.74) is 1.83. The van der Waals surface area contributed by atoms with E-state index in [1.807, 2.05) is 49.3 Å². The van der Waals surface area contributed by atoms with Crippen molar-refractivity contribution in [3.8, 4) is 0 Å². The first kappa shape index (κ1) is 23.4. The molecule has 0 saturated carbocycles. The summed E-state index contributed by atoms with van der Waals surface area (Å²) in [6.07, 6.45) is 0. The summed E-state index contributed by atoms with van der Waals surface area (Å²) in [7, 11) is 3.86. The molecule has 32 heavy (non-hydrogen) atoms. The van der Waals surface area contributed by atoms with Gasteiger partial charge in [-0.05, 0) is 43.9 Å². The van der Waals surface area contributed by atoms with Crippen LogP contribution in [0.5, 0.6) is 0 Å². The highest BCUT2D eigenvalue weighted by Gasteiger charge is 2.22.